The summed E-state index contributed by atoms with van der Waals surface area (Å²) in [6.45, 7) is 10.6. The molecule has 3 atom stereocenters. The second-order valence-corrected chi connectivity index (χ2v) is 4.27. The predicted molar refractivity (Wildman–Crippen MR) is 59.3 cm³/mol. The summed E-state index contributed by atoms with van der Waals surface area (Å²) in [4.78, 5) is 2.41. The monoisotopic (exact) mass is 200 g/mol. The van der Waals surface area contributed by atoms with E-state index in [4.69, 9.17) is 10.5 Å². The van der Waals surface area contributed by atoms with Crippen molar-refractivity contribution in [3.63, 3.8) is 0 Å². The maximum Gasteiger partial charge on any atom is 0.0855 e. The second kappa shape index (κ2) is 5.69. The zero-order chi connectivity index (χ0) is 10.6. The Hall–Kier alpha value is -0.120. The van der Waals surface area contributed by atoms with Crippen LogP contribution in [0.15, 0.2) is 0 Å². The zero-order valence-corrected chi connectivity index (χ0v) is 9.70. The molecule has 0 saturated carbocycles. The molecule has 1 heterocycles. The van der Waals surface area contributed by atoms with E-state index in [9.17, 15) is 0 Å². The molecule has 1 saturated heterocycles. The highest BCUT2D eigenvalue weighted by Crippen LogP contribution is 2.15. The third-order valence-corrected chi connectivity index (χ3v) is 3.36. The summed E-state index contributed by atoms with van der Waals surface area (Å²) >= 11 is 0. The van der Waals surface area contributed by atoms with Crippen LogP contribution in [0.4, 0.5) is 0 Å². The van der Waals surface area contributed by atoms with Crippen molar-refractivity contribution in [3.05, 3.63) is 0 Å². The number of likely N-dealkylation sites (N-methyl/N-ethyl adjacent to an activating group) is 1. The number of hydrogen-bond donors (Lipinski definition) is 1. The minimum atomic E-state index is 0.189. The predicted octanol–water partition coefficient (Wildman–Crippen LogP) is 1.08. The van der Waals surface area contributed by atoms with E-state index in [1.807, 2.05) is 0 Å². The maximum absolute atomic E-state index is 6.17. The molecule has 3 heteroatoms. The average molecular weight is 200 g/mol. The smallest absolute Gasteiger partial charge is 0.0855 e. The third-order valence-electron chi connectivity index (χ3n) is 3.36. The average Bonchev–Trinajstić information content (AvgIpc) is 2.27. The van der Waals surface area contributed by atoms with Crippen molar-refractivity contribution in [2.24, 2.45) is 11.7 Å². The molecule has 0 amide bonds. The molecule has 0 radical (unpaired) electrons. The Kier molecular flexibility index (Phi) is 4.85. The van der Waals surface area contributed by atoms with Crippen LogP contribution in [-0.4, -0.2) is 43.3 Å². The summed E-state index contributed by atoms with van der Waals surface area (Å²) < 4.78 is 5.73. The van der Waals surface area contributed by atoms with Crippen molar-refractivity contribution in [1.82, 2.24) is 4.90 Å². The van der Waals surface area contributed by atoms with Gasteiger partial charge in [-0.3, -0.25) is 4.90 Å². The van der Waals surface area contributed by atoms with Crippen molar-refractivity contribution in [1.29, 1.82) is 0 Å². The molecule has 0 aromatic carbocycles. The Balaban J connectivity index is 2.42. The van der Waals surface area contributed by atoms with Crippen molar-refractivity contribution in [2.75, 3.05) is 26.2 Å². The summed E-state index contributed by atoms with van der Waals surface area (Å²) in [7, 11) is 0. The summed E-state index contributed by atoms with van der Waals surface area (Å²) in [5.41, 5.74) is 6.17. The standard InChI is InChI=1S/C11H24N2O/c1-4-9(3)11(12)10-8-13(5-2)6-7-14-10/h9-11H,4-8,12H2,1-3H3. The van der Waals surface area contributed by atoms with E-state index in [1.165, 1.54) is 0 Å². The Labute approximate surface area is 87.6 Å². The molecule has 3 nitrogen and oxygen atoms in total. The first-order valence-electron chi connectivity index (χ1n) is 5.78. The number of ether oxygens (including phenoxy) is 1. The van der Waals surface area contributed by atoms with E-state index in [0.29, 0.717) is 5.92 Å². The van der Waals surface area contributed by atoms with Gasteiger partial charge in [0.1, 0.15) is 0 Å². The summed E-state index contributed by atoms with van der Waals surface area (Å²) in [5, 5.41) is 0. The van der Waals surface area contributed by atoms with Crippen LogP contribution in [0.25, 0.3) is 0 Å². The summed E-state index contributed by atoms with van der Waals surface area (Å²) in [5.74, 6) is 0.553. The van der Waals surface area contributed by atoms with Crippen LogP contribution < -0.4 is 5.73 Å². The lowest BCUT2D eigenvalue weighted by Crippen LogP contribution is -2.52. The van der Waals surface area contributed by atoms with E-state index >= 15 is 0 Å². The van der Waals surface area contributed by atoms with E-state index in [-0.39, 0.29) is 12.1 Å². The van der Waals surface area contributed by atoms with Gasteiger partial charge in [0.25, 0.3) is 0 Å². The molecule has 2 N–H and O–H groups in total. The van der Waals surface area contributed by atoms with E-state index < -0.39 is 0 Å². The number of morpholine rings is 1. The van der Waals surface area contributed by atoms with Gasteiger partial charge in [-0.1, -0.05) is 27.2 Å². The fourth-order valence-corrected chi connectivity index (χ4v) is 1.89. The van der Waals surface area contributed by atoms with Crippen LogP contribution in [0.1, 0.15) is 27.2 Å². The minimum absolute atomic E-state index is 0.189. The molecule has 0 aliphatic carbocycles. The van der Waals surface area contributed by atoms with Crippen molar-refractivity contribution < 1.29 is 4.74 Å². The summed E-state index contributed by atoms with van der Waals surface area (Å²) in [6.07, 6.45) is 1.37. The topological polar surface area (TPSA) is 38.5 Å². The van der Waals surface area contributed by atoms with Crippen molar-refractivity contribution in [2.45, 2.75) is 39.3 Å². The number of hydrogen-bond acceptors (Lipinski definition) is 3. The lowest BCUT2D eigenvalue weighted by molar-refractivity contribution is -0.0468. The lowest BCUT2D eigenvalue weighted by Gasteiger charge is -2.37. The van der Waals surface area contributed by atoms with Crippen molar-refractivity contribution >= 4 is 0 Å². The molecule has 0 spiro atoms. The van der Waals surface area contributed by atoms with Gasteiger partial charge >= 0.3 is 0 Å². The molecule has 0 bridgehead atoms. The minimum Gasteiger partial charge on any atom is -0.374 e. The molecule has 84 valence electrons. The normalized spacial score (nSPS) is 28.7. The molecular formula is C11H24N2O. The number of nitrogens with zero attached hydrogens (tertiary/aromatic N) is 1. The van der Waals surface area contributed by atoms with Gasteiger partial charge in [-0.15, -0.1) is 0 Å². The Bertz CT molecular complexity index is 161. The van der Waals surface area contributed by atoms with Crippen LogP contribution >= 0.6 is 0 Å². The highest BCUT2D eigenvalue weighted by molar-refractivity contribution is 4.83. The molecule has 3 unspecified atom stereocenters. The van der Waals surface area contributed by atoms with Gasteiger partial charge in [0, 0.05) is 19.1 Å². The molecule has 0 aromatic heterocycles. The maximum atomic E-state index is 6.17. The van der Waals surface area contributed by atoms with Gasteiger partial charge in [0.2, 0.25) is 0 Å². The highest BCUT2D eigenvalue weighted by Gasteiger charge is 2.27. The van der Waals surface area contributed by atoms with Gasteiger partial charge in [-0.2, -0.15) is 0 Å². The van der Waals surface area contributed by atoms with Gasteiger partial charge < -0.3 is 10.5 Å². The van der Waals surface area contributed by atoms with Crippen LogP contribution in [0.5, 0.6) is 0 Å². The first-order chi connectivity index (χ1) is 6.69. The van der Waals surface area contributed by atoms with Crippen LogP contribution in [0, 0.1) is 5.92 Å². The van der Waals surface area contributed by atoms with Gasteiger partial charge in [-0.05, 0) is 12.5 Å². The number of nitrogens with two attached hydrogens (primary N) is 1. The Morgan fingerprint density at radius 1 is 1.50 bits per heavy atom. The lowest BCUT2D eigenvalue weighted by atomic mass is 9.94. The van der Waals surface area contributed by atoms with E-state index in [0.717, 1.165) is 32.7 Å². The molecular weight excluding hydrogens is 176 g/mol. The second-order valence-electron chi connectivity index (χ2n) is 4.27. The number of rotatable bonds is 4. The summed E-state index contributed by atoms with van der Waals surface area (Å²) in [6, 6.07) is 0.189. The molecule has 1 rings (SSSR count). The van der Waals surface area contributed by atoms with E-state index in [1.54, 1.807) is 0 Å². The Morgan fingerprint density at radius 2 is 2.21 bits per heavy atom. The highest BCUT2D eigenvalue weighted by atomic mass is 16.5. The quantitative estimate of drug-likeness (QED) is 0.738. The first kappa shape index (κ1) is 12.0. The molecule has 14 heavy (non-hydrogen) atoms. The largest absolute Gasteiger partial charge is 0.374 e. The third kappa shape index (κ3) is 2.94. The van der Waals surface area contributed by atoms with Crippen LogP contribution in [0.2, 0.25) is 0 Å². The van der Waals surface area contributed by atoms with Crippen LogP contribution in [0.3, 0.4) is 0 Å². The fraction of sp³-hybridized carbons (Fsp3) is 1.00. The fourth-order valence-electron chi connectivity index (χ4n) is 1.89. The Morgan fingerprint density at radius 3 is 2.79 bits per heavy atom. The van der Waals surface area contributed by atoms with Gasteiger partial charge in [0.05, 0.1) is 12.7 Å². The zero-order valence-electron chi connectivity index (χ0n) is 9.70. The van der Waals surface area contributed by atoms with Crippen molar-refractivity contribution in [3.8, 4) is 0 Å². The van der Waals surface area contributed by atoms with Crippen LogP contribution in [-0.2, 0) is 4.74 Å². The van der Waals surface area contributed by atoms with Gasteiger partial charge in [-0.25, -0.2) is 0 Å². The molecule has 1 aliphatic rings. The SMILES string of the molecule is CCC(C)C(N)C1CN(CC)CCO1. The van der Waals surface area contributed by atoms with E-state index in [2.05, 4.69) is 25.7 Å². The molecule has 1 fully saturated rings. The van der Waals surface area contributed by atoms with Gasteiger partial charge in [0.15, 0.2) is 0 Å². The molecule has 0 aromatic rings. The first-order valence-corrected chi connectivity index (χ1v) is 5.78. The molecule has 1 aliphatic heterocycles.